The van der Waals surface area contributed by atoms with Gasteiger partial charge >= 0.3 is 0 Å². The fourth-order valence-electron chi connectivity index (χ4n) is 3.89. The van der Waals surface area contributed by atoms with Crippen molar-refractivity contribution in [1.82, 2.24) is 4.90 Å². The van der Waals surface area contributed by atoms with Gasteiger partial charge in [-0.1, -0.05) is 25.1 Å². The quantitative estimate of drug-likeness (QED) is 0.236. The van der Waals surface area contributed by atoms with Gasteiger partial charge in [-0.15, -0.1) is 0 Å². The Morgan fingerprint density at radius 3 is 2.39 bits per heavy atom. The van der Waals surface area contributed by atoms with Gasteiger partial charge in [0.1, 0.15) is 17.3 Å². The zero-order valence-electron chi connectivity index (χ0n) is 19.4. The monoisotopic (exact) mass is 453 g/mol. The number of Topliss-reactive ketones (excluding diaryl/α,β-unsaturated/α-hetero) is 1. The molecule has 1 N–H and O–H groups in total. The number of methoxy groups -OCH3 is 1. The van der Waals surface area contributed by atoms with Gasteiger partial charge in [-0.25, -0.2) is 0 Å². The van der Waals surface area contributed by atoms with Crippen LogP contribution in [0.4, 0.5) is 0 Å². The molecule has 1 atom stereocenters. The van der Waals surface area contributed by atoms with Gasteiger partial charge in [-0.05, 0) is 50.1 Å². The number of para-hydroxylation sites is 1. The van der Waals surface area contributed by atoms with Crippen molar-refractivity contribution in [1.29, 1.82) is 0 Å². The number of hydrogen-bond acceptors (Lipinski definition) is 6. The first-order valence-corrected chi connectivity index (χ1v) is 11.3. The Bertz CT molecular complexity index is 998. The van der Waals surface area contributed by atoms with E-state index in [1.54, 1.807) is 37.4 Å². The van der Waals surface area contributed by atoms with Gasteiger partial charge in [0.25, 0.3) is 11.7 Å². The van der Waals surface area contributed by atoms with Crippen molar-refractivity contribution < 1.29 is 28.9 Å². The molecule has 0 spiro atoms. The molecule has 1 unspecified atom stereocenters. The van der Waals surface area contributed by atoms with E-state index < -0.39 is 17.7 Å². The minimum absolute atomic E-state index is 0.0480. The molecule has 1 aliphatic rings. The van der Waals surface area contributed by atoms with Crippen LogP contribution in [0.1, 0.15) is 43.9 Å². The minimum Gasteiger partial charge on any atom is -0.507 e. The summed E-state index contributed by atoms with van der Waals surface area (Å²) in [7, 11) is 1.59. The van der Waals surface area contributed by atoms with Crippen molar-refractivity contribution in [2.45, 2.75) is 32.7 Å². The Morgan fingerprint density at radius 1 is 1.00 bits per heavy atom. The van der Waals surface area contributed by atoms with Crippen LogP contribution >= 0.6 is 0 Å². The second-order valence-corrected chi connectivity index (χ2v) is 7.68. The molecule has 3 rings (SSSR count). The van der Waals surface area contributed by atoms with Gasteiger partial charge < -0.3 is 24.2 Å². The van der Waals surface area contributed by atoms with E-state index in [1.807, 2.05) is 32.0 Å². The van der Waals surface area contributed by atoms with Crippen LogP contribution in [0.2, 0.25) is 0 Å². The van der Waals surface area contributed by atoms with E-state index in [9.17, 15) is 14.7 Å². The first-order valence-electron chi connectivity index (χ1n) is 11.3. The maximum atomic E-state index is 13.1. The third-order valence-electron chi connectivity index (χ3n) is 5.40. The lowest BCUT2D eigenvalue weighted by molar-refractivity contribution is -0.140. The highest BCUT2D eigenvalue weighted by Gasteiger charge is 2.46. The van der Waals surface area contributed by atoms with Crippen molar-refractivity contribution in [3.63, 3.8) is 0 Å². The normalized spacial score (nSPS) is 17.4. The number of aliphatic hydroxyl groups excluding tert-OH is 1. The maximum absolute atomic E-state index is 13.1. The Hall–Kier alpha value is -3.32. The van der Waals surface area contributed by atoms with Crippen molar-refractivity contribution in [2.24, 2.45) is 0 Å². The van der Waals surface area contributed by atoms with Crippen molar-refractivity contribution >= 4 is 17.4 Å². The zero-order chi connectivity index (χ0) is 23.8. The molecular formula is C26H31NO6. The molecule has 0 aromatic heterocycles. The van der Waals surface area contributed by atoms with Gasteiger partial charge in [0, 0.05) is 31.4 Å². The summed E-state index contributed by atoms with van der Waals surface area (Å²) in [6, 6.07) is 13.4. The molecule has 7 nitrogen and oxygen atoms in total. The lowest BCUT2D eigenvalue weighted by atomic mass is 9.94. The third kappa shape index (κ3) is 5.37. The first kappa shape index (κ1) is 24.3. The molecule has 1 amide bonds. The fraction of sp³-hybridized carbons (Fsp3) is 0.385. The van der Waals surface area contributed by atoms with E-state index in [0.717, 1.165) is 6.42 Å². The lowest BCUT2D eigenvalue weighted by Gasteiger charge is -2.26. The molecular weight excluding hydrogens is 422 g/mol. The number of rotatable bonds is 11. The summed E-state index contributed by atoms with van der Waals surface area (Å²) < 4.78 is 16.5. The fourth-order valence-corrected chi connectivity index (χ4v) is 3.89. The zero-order valence-corrected chi connectivity index (χ0v) is 19.4. The van der Waals surface area contributed by atoms with Crippen LogP contribution in [0.5, 0.6) is 11.5 Å². The van der Waals surface area contributed by atoms with E-state index >= 15 is 0 Å². The number of hydrogen-bond donors (Lipinski definition) is 1. The maximum Gasteiger partial charge on any atom is 0.295 e. The summed E-state index contributed by atoms with van der Waals surface area (Å²) >= 11 is 0. The number of likely N-dealkylation sites (tertiary alicyclic amines) is 1. The van der Waals surface area contributed by atoms with E-state index in [1.165, 1.54) is 4.90 Å². The molecule has 1 aliphatic heterocycles. The summed E-state index contributed by atoms with van der Waals surface area (Å²) in [5.41, 5.74) is 1.14. The number of nitrogens with zero attached hydrogens (tertiary/aromatic N) is 1. The number of aliphatic hydroxyl groups is 1. The second-order valence-electron chi connectivity index (χ2n) is 7.68. The SMILES string of the molecule is CCCOc1ccc(/C(O)=C2\C(=O)C(=O)N(CCCOC)C2c2ccccc2OCC)cc1. The van der Waals surface area contributed by atoms with Crippen molar-refractivity contribution in [2.75, 3.05) is 33.5 Å². The Labute approximate surface area is 194 Å². The summed E-state index contributed by atoms with van der Waals surface area (Å²) in [5, 5.41) is 11.2. The summed E-state index contributed by atoms with van der Waals surface area (Å²) in [6.45, 7) is 5.66. The average molecular weight is 454 g/mol. The van der Waals surface area contributed by atoms with E-state index in [-0.39, 0.29) is 11.3 Å². The Kier molecular flexibility index (Phi) is 8.49. The summed E-state index contributed by atoms with van der Waals surface area (Å²) in [6.07, 6.45) is 1.44. The second kappa shape index (κ2) is 11.5. The Balaban J connectivity index is 2.08. The highest BCUT2D eigenvalue weighted by atomic mass is 16.5. The summed E-state index contributed by atoms with van der Waals surface area (Å²) in [5.74, 6) is -0.343. The van der Waals surface area contributed by atoms with E-state index in [4.69, 9.17) is 14.2 Å². The Morgan fingerprint density at radius 2 is 1.73 bits per heavy atom. The predicted molar refractivity (Wildman–Crippen MR) is 125 cm³/mol. The van der Waals surface area contributed by atoms with Crippen LogP contribution in [0.3, 0.4) is 0 Å². The van der Waals surface area contributed by atoms with Crippen molar-refractivity contribution in [3.8, 4) is 11.5 Å². The average Bonchev–Trinajstić information content (AvgIpc) is 3.08. The summed E-state index contributed by atoms with van der Waals surface area (Å²) in [4.78, 5) is 27.6. The number of ketones is 1. The largest absolute Gasteiger partial charge is 0.507 e. The number of carbonyl (C=O) groups excluding carboxylic acids is 2. The first-order chi connectivity index (χ1) is 16.0. The minimum atomic E-state index is -0.763. The standard InChI is InChI=1S/C26H31NO6/c1-4-16-33-19-13-11-18(12-14-19)24(28)22-23(20-9-6-7-10-21(20)32-5-2)27(15-8-17-31-3)26(30)25(22)29/h6-7,9-14,23,28H,4-5,8,15-17H2,1-3H3/b24-22+. The molecule has 1 saturated heterocycles. The molecule has 1 heterocycles. The molecule has 2 aromatic carbocycles. The number of ether oxygens (including phenoxy) is 3. The predicted octanol–water partition coefficient (Wildman–Crippen LogP) is 4.33. The highest BCUT2D eigenvalue weighted by molar-refractivity contribution is 6.46. The van der Waals surface area contributed by atoms with Crippen LogP contribution in [0, 0.1) is 0 Å². The molecule has 1 fully saturated rings. The van der Waals surface area contributed by atoms with Crippen LogP contribution in [-0.2, 0) is 14.3 Å². The van der Waals surface area contributed by atoms with Gasteiger partial charge in [0.05, 0.1) is 24.8 Å². The number of amides is 1. The molecule has 2 aromatic rings. The number of benzene rings is 2. The lowest BCUT2D eigenvalue weighted by Crippen LogP contribution is -2.31. The van der Waals surface area contributed by atoms with Gasteiger partial charge in [0.2, 0.25) is 0 Å². The van der Waals surface area contributed by atoms with Crippen LogP contribution in [0.25, 0.3) is 5.76 Å². The van der Waals surface area contributed by atoms with Gasteiger partial charge in [-0.2, -0.15) is 0 Å². The van der Waals surface area contributed by atoms with Crippen LogP contribution < -0.4 is 9.47 Å². The van der Waals surface area contributed by atoms with E-state index in [2.05, 4.69) is 0 Å². The molecule has 0 aliphatic carbocycles. The third-order valence-corrected chi connectivity index (χ3v) is 5.40. The van der Waals surface area contributed by atoms with Crippen LogP contribution in [-0.4, -0.2) is 55.2 Å². The molecule has 7 heteroatoms. The molecule has 0 radical (unpaired) electrons. The van der Waals surface area contributed by atoms with Gasteiger partial charge in [-0.3, -0.25) is 9.59 Å². The number of carbonyl (C=O) groups is 2. The molecule has 0 bridgehead atoms. The van der Waals surface area contributed by atoms with Crippen LogP contribution in [0.15, 0.2) is 54.1 Å². The van der Waals surface area contributed by atoms with Crippen molar-refractivity contribution in [3.05, 3.63) is 65.2 Å². The van der Waals surface area contributed by atoms with Gasteiger partial charge in [0.15, 0.2) is 0 Å². The molecule has 0 saturated carbocycles. The van der Waals surface area contributed by atoms with E-state index in [0.29, 0.717) is 55.4 Å². The molecule has 176 valence electrons. The smallest absolute Gasteiger partial charge is 0.295 e. The topological polar surface area (TPSA) is 85.3 Å². The highest BCUT2D eigenvalue weighted by Crippen LogP contribution is 2.42. The molecule has 33 heavy (non-hydrogen) atoms.